The third-order valence-corrected chi connectivity index (χ3v) is 6.76. The molecule has 2 aliphatic heterocycles. The van der Waals surface area contributed by atoms with Gasteiger partial charge >= 0.3 is 0 Å². The van der Waals surface area contributed by atoms with E-state index in [9.17, 15) is 14.0 Å². The number of thioether (sulfide) groups is 1. The van der Waals surface area contributed by atoms with Gasteiger partial charge in [-0.05, 0) is 18.9 Å². The average Bonchev–Trinajstić information content (AvgIpc) is 3.35. The fraction of sp³-hybridized carbons (Fsp3) is 0.600. The molecule has 0 bridgehead atoms. The first-order valence-corrected chi connectivity index (χ1v) is 11.0. The van der Waals surface area contributed by atoms with Gasteiger partial charge in [0, 0.05) is 50.1 Å². The maximum atomic E-state index is 14.2. The molecule has 1 aromatic rings. The Hall–Kier alpha value is -1.64. The number of carbonyl (C=O) groups is 2. The van der Waals surface area contributed by atoms with Gasteiger partial charge in [0.15, 0.2) is 0 Å². The van der Waals surface area contributed by atoms with Gasteiger partial charge in [0.05, 0.1) is 13.1 Å². The van der Waals surface area contributed by atoms with Crippen LogP contribution in [0.3, 0.4) is 0 Å². The van der Waals surface area contributed by atoms with E-state index in [1.165, 1.54) is 6.07 Å². The molecule has 8 heteroatoms. The van der Waals surface area contributed by atoms with Gasteiger partial charge in [-0.2, -0.15) is 0 Å². The zero-order valence-electron chi connectivity index (χ0n) is 16.0. The minimum atomic E-state index is -0.252. The number of hydrogen-bond donors (Lipinski definition) is 1. The van der Waals surface area contributed by atoms with Crippen LogP contribution in [0, 0.1) is 5.82 Å². The Morgan fingerprint density at radius 2 is 1.71 bits per heavy atom. The Labute approximate surface area is 169 Å². The molecule has 1 aromatic carbocycles. The monoisotopic (exact) mass is 406 g/mol. The second-order valence-electron chi connectivity index (χ2n) is 7.73. The molecule has 0 aromatic heterocycles. The standard InChI is InChI=1S/C20H27FN4O2S/c21-17-4-2-1-3-16(17)20-25(11-12-28-20)19(27)14-24-9-7-23(8-10-24)13-18(26)22-15-5-6-15/h1-4,15,20H,5-14H2,(H,22,26)/t20-/m1/s1. The Bertz CT molecular complexity index is 722. The maximum Gasteiger partial charge on any atom is 0.237 e. The van der Waals surface area contributed by atoms with Gasteiger partial charge in [-0.3, -0.25) is 19.4 Å². The molecule has 0 unspecified atom stereocenters. The van der Waals surface area contributed by atoms with Crippen LogP contribution in [-0.2, 0) is 9.59 Å². The summed E-state index contributed by atoms with van der Waals surface area (Å²) in [4.78, 5) is 30.9. The second kappa shape index (κ2) is 8.80. The lowest BCUT2D eigenvalue weighted by Crippen LogP contribution is -2.52. The predicted molar refractivity (Wildman–Crippen MR) is 107 cm³/mol. The van der Waals surface area contributed by atoms with Crippen LogP contribution in [-0.4, -0.2) is 84.1 Å². The summed E-state index contributed by atoms with van der Waals surface area (Å²) in [7, 11) is 0. The number of rotatable bonds is 6. The molecular formula is C20H27FN4O2S. The normalized spacial score (nSPS) is 23.8. The number of carbonyl (C=O) groups excluding carboxylic acids is 2. The maximum absolute atomic E-state index is 14.2. The van der Waals surface area contributed by atoms with Crippen LogP contribution in [0.4, 0.5) is 4.39 Å². The van der Waals surface area contributed by atoms with Gasteiger partial charge in [0.25, 0.3) is 0 Å². The van der Waals surface area contributed by atoms with Crippen molar-refractivity contribution in [3.05, 3.63) is 35.6 Å². The van der Waals surface area contributed by atoms with Gasteiger partial charge in [-0.15, -0.1) is 11.8 Å². The van der Waals surface area contributed by atoms with Crippen LogP contribution < -0.4 is 5.32 Å². The number of hydrogen-bond acceptors (Lipinski definition) is 5. The highest BCUT2D eigenvalue weighted by Crippen LogP contribution is 2.38. The van der Waals surface area contributed by atoms with E-state index in [4.69, 9.17) is 0 Å². The first-order valence-electron chi connectivity index (χ1n) is 10.00. The van der Waals surface area contributed by atoms with Crippen LogP contribution >= 0.6 is 11.8 Å². The van der Waals surface area contributed by atoms with Crippen LogP contribution in [0.25, 0.3) is 0 Å². The van der Waals surface area contributed by atoms with E-state index < -0.39 is 0 Å². The summed E-state index contributed by atoms with van der Waals surface area (Å²) in [5, 5.41) is 2.78. The molecule has 2 amide bonds. The summed E-state index contributed by atoms with van der Waals surface area (Å²) in [6.45, 7) is 4.57. The Kier molecular flexibility index (Phi) is 6.18. The topological polar surface area (TPSA) is 55.9 Å². The zero-order chi connectivity index (χ0) is 19.5. The molecule has 3 fully saturated rings. The van der Waals surface area contributed by atoms with Crippen molar-refractivity contribution in [2.75, 3.05) is 51.6 Å². The third kappa shape index (κ3) is 4.85. The molecule has 2 heterocycles. The van der Waals surface area contributed by atoms with Crippen molar-refractivity contribution in [1.29, 1.82) is 0 Å². The summed E-state index contributed by atoms with van der Waals surface area (Å²) in [6.07, 6.45) is 2.20. The van der Waals surface area contributed by atoms with Crippen LogP contribution in [0.15, 0.2) is 24.3 Å². The molecule has 2 saturated heterocycles. The molecule has 152 valence electrons. The van der Waals surface area contributed by atoms with Crippen molar-refractivity contribution in [2.24, 2.45) is 0 Å². The van der Waals surface area contributed by atoms with Crippen LogP contribution in [0.5, 0.6) is 0 Å². The van der Waals surface area contributed by atoms with Crippen molar-refractivity contribution in [2.45, 2.75) is 24.3 Å². The Balaban J connectivity index is 1.26. The molecule has 6 nitrogen and oxygen atoms in total. The molecule has 4 rings (SSSR count). The van der Waals surface area contributed by atoms with Crippen molar-refractivity contribution < 1.29 is 14.0 Å². The summed E-state index contributed by atoms with van der Waals surface area (Å²) in [5.41, 5.74) is 0.588. The first kappa shape index (κ1) is 19.7. The van der Waals surface area contributed by atoms with Gasteiger partial charge in [-0.1, -0.05) is 18.2 Å². The van der Waals surface area contributed by atoms with Crippen molar-refractivity contribution in [3.63, 3.8) is 0 Å². The van der Waals surface area contributed by atoms with E-state index >= 15 is 0 Å². The number of nitrogens with one attached hydrogen (secondary N) is 1. The minimum absolute atomic E-state index is 0.0539. The van der Waals surface area contributed by atoms with Crippen LogP contribution in [0.2, 0.25) is 0 Å². The van der Waals surface area contributed by atoms with Crippen molar-refractivity contribution in [3.8, 4) is 0 Å². The average molecular weight is 407 g/mol. The summed E-state index contributed by atoms with van der Waals surface area (Å²) in [5.74, 6) is 0.735. The molecule has 3 aliphatic rings. The molecule has 1 N–H and O–H groups in total. The highest BCUT2D eigenvalue weighted by Gasteiger charge is 2.33. The summed E-state index contributed by atoms with van der Waals surface area (Å²) >= 11 is 1.62. The number of benzene rings is 1. The predicted octanol–water partition coefficient (Wildman–Crippen LogP) is 1.30. The number of nitrogens with zero attached hydrogens (tertiary/aromatic N) is 3. The molecule has 1 atom stereocenters. The smallest absolute Gasteiger partial charge is 0.237 e. The van der Waals surface area contributed by atoms with Gasteiger partial charge < -0.3 is 10.2 Å². The SMILES string of the molecule is O=C(CN1CCN(CC(=O)N2CCS[C@@H]2c2ccccc2F)CC1)NC1CC1. The largest absolute Gasteiger partial charge is 0.352 e. The number of halogens is 1. The number of amides is 2. The Morgan fingerprint density at radius 1 is 1.04 bits per heavy atom. The van der Waals surface area contributed by atoms with Crippen molar-refractivity contribution >= 4 is 23.6 Å². The van der Waals surface area contributed by atoms with Gasteiger partial charge in [0.2, 0.25) is 11.8 Å². The molecule has 1 saturated carbocycles. The molecule has 0 radical (unpaired) electrons. The van der Waals surface area contributed by atoms with Gasteiger partial charge in [-0.25, -0.2) is 4.39 Å². The lowest BCUT2D eigenvalue weighted by Gasteiger charge is -2.35. The zero-order valence-corrected chi connectivity index (χ0v) is 16.8. The fourth-order valence-corrected chi connectivity index (χ4v) is 5.05. The third-order valence-electron chi connectivity index (χ3n) is 5.52. The van der Waals surface area contributed by atoms with Crippen molar-refractivity contribution in [1.82, 2.24) is 20.0 Å². The summed E-state index contributed by atoms with van der Waals surface area (Å²) in [6, 6.07) is 7.11. The van der Waals surface area contributed by atoms with Gasteiger partial charge in [0.1, 0.15) is 11.2 Å². The van der Waals surface area contributed by atoms with E-state index in [1.807, 2.05) is 6.07 Å². The quantitative estimate of drug-likeness (QED) is 0.772. The van der Waals surface area contributed by atoms with E-state index in [-0.39, 0.29) is 23.0 Å². The molecule has 1 aliphatic carbocycles. The lowest BCUT2D eigenvalue weighted by molar-refractivity contribution is -0.133. The summed E-state index contributed by atoms with van der Waals surface area (Å²) < 4.78 is 14.2. The highest BCUT2D eigenvalue weighted by molar-refractivity contribution is 7.99. The number of piperazine rings is 1. The molecule has 28 heavy (non-hydrogen) atoms. The minimum Gasteiger partial charge on any atom is -0.352 e. The van der Waals surface area contributed by atoms with E-state index in [0.29, 0.717) is 31.2 Å². The molecule has 0 spiro atoms. The van der Waals surface area contributed by atoms with E-state index in [2.05, 4.69) is 15.1 Å². The fourth-order valence-electron chi connectivity index (χ4n) is 3.75. The van der Waals surface area contributed by atoms with Crippen LogP contribution in [0.1, 0.15) is 23.8 Å². The van der Waals surface area contributed by atoms with E-state index in [1.54, 1.807) is 28.8 Å². The molecular weight excluding hydrogens is 379 g/mol. The lowest BCUT2D eigenvalue weighted by atomic mass is 10.2. The Morgan fingerprint density at radius 3 is 2.39 bits per heavy atom. The first-order chi connectivity index (χ1) is 13.6. The van der Waals surface area contributed by atoms with E-state index in [0.717, 1.165) is 44.8 Å². The second-order valence-corrected chi connectivity index (χ2v) is 8.91. The highest BCUT2D eigenvalue weighted by atomic mass is 32.2.